The predicted octanol–water partition coefficient (Wildman–Crippen LogP) is 2.67. The van der Waals surface area contributed by atoms with Gasteiger partial charge in [-0.2, -0.15) is 0 Å². The van der Waals surface area contributed by atoms with Crippen LogP contribution in [0.1, 0.15) is 17.5 Å². The van der Waals surface area contributed by atoms with Crippen molar-refractivity contribution in [2.45, 2.75) is 19.6 Å². The number of benzene rings is 2. The Morgan fingerprint density at radius 2 is 1.46 bits per heavy atom. The van der Waals surface area contributed by atoms with Crippen LogP contribution >= 0.6 is 0 Å². The molecule has 2 aromatic carbocycles. The second-order valence-corrected chi connectivity index (χ2v) is 5.48. The first-order valence-electron chi connectivity index (χ1n) is 7.97. The Hall–Kier alpha value is -2.31. The summed E-state index contributed by atoms with van der Waals surface area (Å²) < 4.78 is 21.3. The molecule has 6 heteroatoms. The van der Waals surface area contributed by atoms with E-state index in [9.17, 15) is 4.79 Å². The molecule has 124 valence electrons. The molecule has 1 aliphatic rings. The van der Waals surface area contributed by atoms with Crippen LogP contribution in [0.15, 0.2) is 54.6 Å². The Bertz CT molecular complexity index is 638. The van der Waals surface area contributed by atoms with Crippen molar-refractivity contribution in [1.82, 2.24) is 0 Å². The van der Waals surface area contributed by atoms with Crippen molar-refractivity contribution in [3.63, 3.8) is 0 Å². The number of carbonyl (C=O) groups is 1. The first-order valence-corrected chi connectivity index (χ1v) is 7.97. The van der Waals surface area contributed by atoms with Crippen molar-refractivity contribution in [2.75, 3.05) is 13.2 Å². The maximum Gasteiger partial charge on any atom is 0.508 e. The quantitative estimate of drug-likeness (QED) is 0.625. The van der Waals surface area contributed by atoms with Crippen molar-refractivity contribution >= 4 is 18.7 Å². The van der Waals surface area contributed by atoms with Crippen LogP contribution in [0.2, 0.25) is 0 Å². The molecule has 0 saturated carbocycles. The molecular weight excluding hydrogens is 307 g/mol. The van der Waals surface area contributed by atoms with E-state index in [0.29, 0.717) is 13.2 Å². The van der Waals surface area contributed by atoms with E-state index in [0.717, 1.165) is 23.0 Å². The van der Waals surface area contributed by atoms with Crippen LogP contribution < -0.4 is 5.46 Å². The zero-order valence-corrected chi connectivity index (χ0v) is 13.4. The van der Waals surface area contributed by atoms with Crippen LogP contribution in [0.4, 0.5) is 4.79 Å². The van der Waals surface area contributed by atoms with Crippen LogP contribution in [0.25, 0.3) is 0 Å². The van der Waals surface area contributed by atoms with Crippen LogP contribution in [-0.2, 0) is 32.0 Å². The highest BCUT2D eigenvalue weighted by molar-refractivity contribution is 6.61. The highest BCUT2D eigenvalue weighted by atomic mass is 16.7. The molecule has 0 atom stereocenters. The summed E-state index contributed by atoms with van der Waals surface area (Å²) in [7, 11) is -0.301. The molecule has 0 unspecified atom stereocenters. The molecule has 0 N–H and O–H groups in total. The lowest BCUT2D eigenvalue weighted by Crippen LogP contribution is -2.40. The minimum absolute atomic E-state index is 0.167. The fourth-order valence-corrected chi connectivity index (χ4v) is 2.35. The van der Waals surface area contributed by atoms with Gasteiger partial charge in [0.25, 0.3) is 0 Å². The van der Waals surface area contributed by atoms with E-state index in [4.69, 9.17) is 18.8 Å². The Balaban J connectivity index is 1.43. The van der Waals surface area contributed by atoms with Crippen LogP contribution in [0.5, 0.6) is 0 Å². The Morgan fingerprint density at radius 1 is 0.875 bits per heavy atom. The average Bonchev–Trinajstić information content (AvgIpc) is 2.67. The number of carbonyl (C=O) groups excluding carboxylic acids is 1. The van der Waals surface area contributed by atoms with Gasteiger partial charge in [0.1, 0.15) is 13.2 Å². The highest BCUT2D eigenvalue weighted by Crippen LogP contribution is 2.06. The minimum Gasteiger partial charge on any atom is -0.429 e. The lowest BCUT2D eigenvalue weighted by molar-refractivity contribution is 0.0446. The zero-order valence-electron chi connectivity index (χ0n) is 13.4. The molecule has 1 heterocycles. The molecule has 1 saturated heterocycles. The Kier molecular flexibility index (Phi) is 5.87. The SMILES string of the molecule is O=C(OCc1ccccc1)OCc1ccc(B2OCCCO2)cc1. The lowest BCUT2D eigenvalue weighted by Gasteiger charge is -2.19. The van der Waals surface area contributed by atoms with Crippen LogP contribution in [0, 0.1) is 0 Å². The molecule has 1 aliphatic heterocycles. The van der Waals surface area contributed by atoms with E-state index in [1.54, 1.807) is 0 Å². The molecule has 0 aliphatic carbocycles. The summed E-state index contributed by atoms with van der Waals surface area (Å²) in [5, 5.41) is 0. The summed E-state index contributed by atoms with van der Waals surface area (Å²) in [5.41, 5.74) is 2.77. The summed E-state index contributed by atoms with van der Waals surface area (Å²) in [6.07, 6.45) is 0.245. The molecule has 2 aromatic rings. The van der Waals surface area contributed by atoms with Gasteiger partial charge in [0.05, 0.1) is 0 Å². The summed E-state index contributed by atoms with van der Waals surface area (Å²) in [4.78, 5) is 11.6. The van der Waals surface area contributed by atoms with Crippen molar-refractivity contribution in [3.8, 4) is 0 Å². The van der Waals surface area contributed by atoms with Gasteiger partial charge < -0.3 is 18.8 Å². The van der Waals surface area contributed by atoms with Crippen LogP contribution in [0.3, 0.4) is 0 Å². The molecular formula is C18H19BO5. The van der Waals surface area contributed by atoms with Gasteiger partial charge in [0, 0.05) is 13.2 Å². The van der Waals surface area contributed by atoms with E-state index in [1.807, 2.05) is 54.6 Å². The number of ether oxygens (including phenoxy) is 2. The van der Waals surface area contributed by atoms with Gasteiger partial charge in [0.2, 0.25) is 0 Å². The third kappa shape index (κ3) is 4.84. The van der Waals surface area contributed by atoms with E-state index in [2.05, 4.69) is 0 Å². The van der Waals surface area contributed by atoms with Crippen LogP contribution in [-0.4, -0.2) is 26.5 Å². The molecule has 0 radical (unpaired) electrons. The smallest absolute Gasteiger partial charge is 0.429 e. The third-order valence-corrected chi connectivity index (χ3v) is 3.64. The molecule has 5 nitrogen and oxygen atoms in total. The van der Waals surface area contributed by atoms with Gasteiger partial charge in [0.15, 0.2) is 0 Å². The lowest BCUT2D eigenvalue weighted by atomic mass is 9.78. The van der Waals surface area contributed by atoms with Gasteiger partial charge in [-0.05, 0) is 23.0 Å². The normalized spacial score (nSPS) is 14.2. The molecule has 0 spiro atoms. The highest BCUT2D eigenvalue weighted by Gasteiger charge is 2.23. The van der Waals surface area contributed by atoms with E-state index in [-0.39, 0.29) is 20.3 Å². The first kappa shape index (κ1) is 16.5. The summed E-state index contributed by atoms with van der Waals surface area (Å²) in [6, 6.07) is 17.1. The molecule has 0 amide bonds. The van der Waals surface area contributed by atoms with Crippen molar-refractivity contribution in [2.24, 2.45) is 0 Å². The van der Waals surface area contributed by atoms with Gasteiger partial charge >= 0.3 is 13.3 Å². The first-order chi connectivity index (χ1) is 11.8. The fraction of sp³-hybridized carbons (Fsp3) is 0.278. The zero-order chi connectivity index (χ0) is 16.6. The summed E-state index contributed by atoms with van der Waals surface area (Å²) >= 11 is 0. The average molecular weight is 326 g/mol. The van der Waals surface area contributed by atoms with E-state index in [1.165, 1.54) is 0 Å². The standard InChI is InChI=1S/C18H19BO5/c20-18(21-13-15-5-2-1-3-6-15)22-14-16-7-9-17(10-8-16)19-23-11-4-12-24-19/h1-3,5-10H,4,11-14H2. The number of hydrogen-bond donors (Lipinski definition) is 0. The van der Waals surface area contributed by atoms with E-state index >= 15 is 0 Å². The molecule has 1 fully saturated rings. The topological polar surface area (TPSA) is 54.0 Å². The maximum atomic E-state index is 11.6. The van der Waals surface area contributed by atoms with Gasteiger partial charge in [-0.15, -0.1) is 0 Å². The second-order valence-electron chi connectivity index (χ2n) is 5.48. The van der Waals surface area contributed by atoms with Gasteiger partial charge in [-0.25, -0.2) is 4.79 Å². The molecule has 24 heavy (non-hydrogen) atoms. The summed E-state index contributed by atoms with van der Waals surface area (Å²) in [6.45, 7) is 1.79. The second kappa shape index (κ2) is 8.52. The number of hydrogen-bond acceptors (Lipinski definition) is 5. The van der Waals surface area contributed by atoms with Crippen molar-refractivity contribution in [3.05, 3.63) is 65.7 Å². The largest absolute Gasteiger partial charge is 0.508 e. The fourth-order valence-electron chi connectivity index (χ4n) is 2.35. The van der Waals surface area contributed by atoms with E-state index < -0.39 is 6.16 Å². The molecule has 0 bridgehead atoms. The van der Waals surface area contributed by atoms with Gasteiger partial charge in [-0.1, -0.05) is 54.6 Å². The monoisotopic (exact) mass is 326 g/mol. The Morgan fingerprint density at radius 3 is 2.08 bits per heavy atom. The Labute approximate surface area is 141 Å². The van der Waals surface area contributed by atoms with Crippen molar-refractivity contribution < 1.29 is 23.6 Å². The maximum absolute atomic E-state index is 11.6. The van der Waals surface area contributed by atoms with Gasteiger partial charge in [-0.3, -0.25) is 0 Å². The molecule has 0 aromatic heterocycles. The summed E-state index contributed by atoms with van der Waals surface area (Å²) in [5.74, 6) is 0. The predicted molar refractivity (Wildman–Crippen MR) is 89.8 cm³/mol. The third-order valence-electron chi connectivity index (χ3n) is 3.64. The number of rotatable bonds is 5. The minimum atomic E-state index is -0.679. The van der Waals surface area contributed by atoms with Crippen molar-refractivity contribution in [1.29, 1.82) is 0 Å². The molecule has 3 rings (SSSR count).